The lowest BCUT2D eigenvalue weighted by Gasteiger charge is -2.16. The number of carbonyl (C=O) groups is 1. The van der Waals surface area contributed by atoms with Crippen molar-refractivity contribution in [1.82, 2.24) is 4.90 Å². The number of hydrogen-bond donors (Lipinski definition) is 1. The normalized spacial score (nSPS) is 20.6. The maximum atomic E-state index is 13.0. The Morgan fingerprint density at radius 1 is 1.56 bits per heavy atom. The molecule has 1 heterocycles. The molecule has 1 aliphatic heterocycles. The molecular formula is C12H14FNO2. The predicted molar refractivity (Wildman–Crippen MR) is 57.2 cm³/mol. The number of likely N-dealkylation sites (tertiary alicyclic amines) is 1. The van der Waals surface area contributed by atoms with Crippen molar-refractivity contribution >= 4 is 5.91 Å². The molecule has 1 aromatic carbocycles. The highest BCUT2D eigenvalue weighted by Crippen LogP contribution is 2.16. The number of β-amino-alcohol motifs (C(OH)–C–C–N with tert-alkyl or cyclic N) is 1. The second kappa shape index (κ2) is 4.22. The van der Waals surface area contributed by atoms with Gasteiger partial charge in [0.15, 0.2) is 0 Å². The number of rotatable bonds is 2. The molecule has 3 nitrogen and oxygen atoms in total. The van der Waals surface area contributed by atoms with Crippen LogP contribution in [-0.4, -0.2) is 28.6 Å². The van der Waals surface area contributed by atoms with E-state index in [1.54, 1.807) is 24.0 Å². The first-order valence-corrected chi connectivity index (χ1v) is 5.27. The Morgan fingerprint density at radius 3 is 2.88 bits per heavy atom. The van der Waals surface area contributed by atoms with E-state index in [9.17, 15) is 14.3 Å². The van der Waals surface area contributed by atoms with Crippen LogP contribution in [-0.2, 0) is 11.3 Å². The number of aryl methyl sites for hydroxylation is 1. The van der Waals surface area contributed by atoms with Crippen LogP contribution >= 0.6 is 0 Å². The van der Waals surface area contributed by atoms with E-state index in [1.807, 2.05) is 0 Å². The molecule has 2 rings (SSSR count). The monoisotopic (exact) mass is 223 g/mol. The smallest absolute Gasteiger partial charge is 0.225 e. The van der Waals surface area contributed by atoms with Crippen LogP contribution in [0.5, 0.6) is 0 Å². The van der Waals surface area contributed by atoms with Gasteiger partial charge in [0.1, 0.15) is 5.82 Å². The van der Waals surface area contributed by atoms with Crippen molar-refractivity contribution in [3.8, 4) is 0 Å². The molecule has 1 unspecified atom stereocenters. The van der Waals surface area contributed by atoms with Gasteiger partial charge in [0.2, 0.25) is 5.91 Å². The lowest BCUT2D eigenvalue weighted by atomic mass is 10.1. The van der Waals surface area contributed by atoms with E-state index in [1.165, 1.54) is 6.07 Å². The van der Waals surface area contributed by atoms with Crippen molar-refractivity contribution in [3.63, 3.8) is 0 Å². The zero-order valence-corrected chi connectivity index (χ0v) is 9.11. The molecule has 1 N–H and O–H groups in total. The summed E-state index contributed by atoms with van der Waals surface area (Å²) in [7, 11) is 0. The van der Waals surface area contributed by atoms with E-state index >= 15 is 0 Å². The molecule has 0 radical (unpaired) electrons. The minimum Gasteiger partial charge on any atom is -0.391 e. The first-order chi connectivity index (χ1) is 7.56. The van der Waals surface area contributed by atoms with Crippen LogP contribution in [0, 0.1) is 12.7 Å². The van der Waals surface area contributed by atoms with Gasteiger partial charge in [-0.3, -0.25) is 4.79 Å². The van der Waals surface area contributed by atoms with Crippen molar-refractivity contribution < 1.29 is 14.3 Å². The third kappa shape index (κ3) is 2.22. The summed E-state index contributed by atoms with van der Waals surface area (Å²) >= 11 is 0. The molecule has 4 heteroatoms. The molecular weight excluding hydrogens is 209 g/mol. The van der Waals surface area contributed by atoms with Gasteiger partial charge in [0, 0.05) is 13.1 Å². The fourth-order valence-corrected chi connectivity index (χ4v) is 1.93. The van der Waals surface area contributed by atoms with Crippen LogP contribution in [0.25, 0.3) is 0 Å². The fourth-order valence-electron chi connectivity index (χ4n) is 1.93. The minimum atomic E-state index is -0.561. The van der Waals surface area contributed by atoms with Crippen molar-refractivity contribution in [2.75, 3.05) is 6.54 Å². The minimum absolute atomic E-state index is 0.0468. The zero-order chi connectivity index (χ0) is 11.7. The largest absolute Gasteiger partial charge is 0.391 e. The number of amides is 1. The highest BCUT2D eigenvalue weighted by atomic mass is 19.1. The van der Waals surface area contributed by atoms with Crippen LogP contribution in [0.3, 0.4) is 0 Å². The lowest BCUT2D eigenvalue weighted by molar-refractivity contribution is -0.128. The number of halogens is 1. The van der Waals surface area contributed by atoms with Gasteiger partial charge in [-0.2, -0.15) is 0 Å². The summed E-state index contributed by atoms with van der Waals surface area (Å²) in [6.45, 7) is 2.51. The number of nitrogens with zero attached hydrogens (tertiary/aromatic N) is 1. The van der Waals surface area contributed by atoms with Gasteiger partial charge in [-0.05, 0) is 24.1 Å². The second-order valence-corrected chi connectivity index (χ2v) is 4.22. The first kappa shape index (κ1) is 11.1. The molecule has 1 aromatic rings. The summed E-state index contributed by atoms with van der Waals surface area (Å²) in [4.78, 5) is 13.0. The van der Waals surface area contributed by atoms with Gasteiger partial charge in [-0.25, -0.2) is 4.39 Å². The molecule has 0 aliphatic carbocycles. The summed E-state index contributed by atoms with van der Waals surface area (Å²) in [6.07, 6.45) is -0.366. The quantitative estimate of drug-likeness (QED) is 0.819. The summed E-state index contributed by atoms with van der Waals surface area (Å²) in [5.41, 5.74) is 1.46. The summed E-state index contributed by atoms with van der Waals surface area (Å²) in [5.74, 6) is -0.286. The third-order valence-corrected chi connectivity index (χ3v) is 2.79. The van der Waals surface area contributed by atoms with Gasteiger partial charge < -0.3 is 10.0 Å². The molecule has 0 spiro atoms. The molecule has 16 heavy (non-hydrogen) atoms. The Balaban J connectivity index is 2.09. The molecule has 1 atom stereocenters. The van der Waals surface area contributed by atoms with E-state index < -0.39 is 6.10 Å². The van der Waals surface area contributed by atoms with Crippen molar-refractivity contribution in [1.29, 1.82) is 0 Å². The predicted octanol–water partition coefficient (Wildman–Crippen LogP) is 1.23. The molecule has 0 saturated carbocycles. The number of aliphatic hydroxyl groups is 1. The Kier molecular flexibility index (Phi) is 2.92. The molecule has 0 aromatic heterocycles. The maximum Gasteiger partial charge on any atom is 0.225 e. The molecule has 1 fully saturated rings. The van der Waals surface area contributed by atoms with Crippen molar-refractivity contribution in [3.05, 3.63) is 35.1 Å². The van der Waals surface area contributed by atoms with E-state index in [4.69, 9.17) is 0 Å². The Morgan fingerprint density at radius 2 is 2.31 bits per heavy atom. The summed E-state index contributed by atoms with van der Waals surface area (Å²) in [6, 6.07) is 4.80. The van der Waals surface area contributed by atoms with Crippen LogP contribution in [0.2, 0.25) is 0 Å². The first-order valence-electron chi connectivity index (χ1n) is 5.27. The highest BCUT2D eigenvalue weighted by molar-refractivity contribution is 5.79. The molecule has 1 amide bonds. The van der Waals surface area contributed by atoms with Gasteiger partial charge in [0.05, 0.1) is 12.5 Å². The van der Waals surface area contributed by atoms with E-state index in [-0.39, 0.29) is 18.1 Å². The Bertz CT molecular complexity index is 419. The fraction of sp³-hybridized carbons (Fsp3) is 0.417. The molecule has 86 valence electrons. The SMILES string of the molecule is Cc1cc(CN2CC(O)CC2=O)ccc1F. The average molecular weight is 223 g/mol. The number of carbonyl (C=O) groups excluding carboxylic acids is 1. The van der Waals surface area contributed by atoms with Crippen LogP contribution in [0.15, 0.2) is 18.2 Å². The van der Waals surface area contributed by atoms with Crippen LogP contribution < -0.4 is 0 Å². The zero-order valence-electron chi connectivity index (χ0n) is 9.11. The third-order valence-electron chi connectivity index (χ3n) is 2.79. The van der Waals surface area contributed by atoms with Gasteiger partial charge >= 0.3 is 0 Å². The number of aliphatic hydroxyl groups excluding tert-OH is 1. The van der Waals surface area contributed by atoms with Gasteiger partial charge in [0.25, 0.3) is 0 Å². The lowest BCUT2D eigenvalue weighted by Crippen LogP contribution is -2.25. The van der Waals surface area contributed by atoms with E-state index in [2.05, 4.69) is 0 Å². The highest BCUT2D eigenvalue weighted by Gasteiger charge is 2.27. The average Bonchev–Trinajstić information content (AvgIpc) is 2.51. The maximum absolute atomic E-state index is 13.0. The van der Waals surface area contributed by atoms with Gasteiger partial charge in [-0.15, -0.1) is 0 Å². The number of hydrogen-bond acceptors (Lipinski definition) is 2. The van der Waals surface area contributed by atoms with Crippen molar-refractivity contribution in [2.24, 2.45) is 0 Å². The van der Waals surface area contributed by atoms with Gasteiger partial charge in [-0.1, -0.05) is 12.1 Å². The molecule has 1 aliphatic rings. The number of benzene rings is 1. The second-order valence-electron chi connectivity index (χ2n) is 4.22. The summed E-state index contributed by atoms with van der Waals surface area (Å²) in [5, 5.41) is 9.32. The standard InChI is InChI=1S/C12H14FNO2/c1-8-4-9(2-3-11(8)13)6-14-7-10(15)5-12(14)16/h2-4,10,15H,5-7H2,1H3. The Hall–Kier alpha value is -1.42. The van der Waals surface area contributed by atoms with Crippen molar-refractivity contribution in [2.45, 2.75) is 26.0 Å². The summed E-state index contributed by atoms with van der Waals surface area (Å²) < 4.78 is 13.0. The molecule has 0 bridgehead atoms. The molecule has 1 saturated heterocycles. The topological polar surface area (TPSA) is 40.5 Å². The van der Waals surface area contributed by atoms with E-state index in [0.717, 1.165) is 5.56 Å². The van der Waals surface area contributed by atoms with E-state index in [0.29, 0.717) is 18.7 Å². The van der Waals surface area contributed by atoms with Crippen LogP contribution in [0.4, 0.5) is 4.39 Å². The van der Waals surface area contributed by atoms with Crippen LogP contribution in [0.1, 0.15) is 17.5 Å². The Labute approximate surface area is 93.5 Å².